The van der Waals surface area contributed by atoms with Crippen LogP contribution in [0.25, 0.3) is 11.2 Å². The molecule has 6 heteroatoms. The maximum absolute atomic E-state index is 5.93. The number of nitrogens with two attached hydrogens (primary N) is 1. The lowest BCUT2D eigenvalue weighted by molar-refractivity contribution is 0.600. The molecule has 0 aliphatic rings. The van der Waals surface area contributed by atoms with E-state index < -0.39 is 0 Å². The van der Waals surface area contributed by atoms with Crippen LogP contribution in [0.4, 0.5) is 0 Å². The minimum Gasteiger partial charge on any atom is -0.392 e. The average Bonchev–Trinajstić information content (AvgIpc) is 2.54. The molecule has 18 heavy (non-hydrogen) atoms. The van der Waals surface area contributed by atoms with Gasteiger partial charge in [0.1, 0.15) is 11.3 Å². The van der Waals surface area contributed by atoms with Gasteiger partial charge in [0.15, 0.2) is 5.65 Å². The number of rotatable bonds is 4. The number of thiocarbonyl (C=S) groups is 1. The maximum Gasteiger partial charge on any atom is 0.160 e. The molecule has 96 valence electrons. The van der Waals surface area contributed by atoms with Crippen LogP contribution in [-0.2, 0) is 13.0 Å². The zero-order valence-electron chi connectivity index (χ0n) is 10.4. The molecule has 2 N–H and O–H groups in total. The molecular weight excluding hydrogens is 268 g/mol. The van der Waals surface area contributed by atoms with Crippen LogP contribution in [0.3, 0.4) is 0 Å². The first-order valence-corrected chi connectivity index (χ1v) is 6.55. The molecule has 0 aliphatic carbocycles. The largest absolute Gasteiger partial charge is 0.392 e. The third-order valence-corrected chi connectivity index (χ3v) is 2.87. The number of pyridine rings is 1. The Balaban J connectivity index is 2.56. The van der Waals surface area contributed by atoms with E-state index in [0.29, 0.717) is 22.5 Å². The van der Waals surface area contributed by atoms with Crippen molar-refractivity contribution in [2.24, 2.45) is 11.7 Å². The molecule has 0 aromatic carbocycles. The smallest absolute Gasteiger partial charge is 0.160 e. The second kappa shape index (κ2) is 5.20. The summed E-state index contributed by atoms with van der Waals surface area (Å²) in [4.78, 5) is 9.31. The van der Waals surface area contributed by atoms with Crippen molar-refractivity contribution in [3.8, 4) is 0 Å². The number of imidazole rings is 1. The predicted molar refractivity (Wildman–Crippen MR) is 77.9 cm³/mol. The highest BCUT2D eigenvalue weighted by molar-refractivity contribution is 7.80. The van der Waals surface area contributed by atoms with Crippen molar-refractivity contribution in [3.63, 3.8) is 0 Å². The molecule has 0 saturated heterocycles. The summed E-state index contributed by atoms with van der Waals surface area (Å²) in [6.45, 7) is 4.75. The van der Waals surface area contributed by atoms with Crippen molar-refractivity contribution < 1.29 is 0 Å². The van der Waals surface area contributed by atoms with E-state index in [0.717, 1.165) is 23.4 Å². The number of nitrogens with zero attached hydrogens (tertiary/aromatic N) is 3. The Morgan fingerprint density at radius 3 is 2.89 bits per heavy atom. The zero-order chi connectivity index (χ0) is 13.3. The molecule has 0 atom stereocenters. The van der Waals surface area contributed by atoms with Crippen LogP contribution in [0.2, 0.25) is 5.02 Å². The Bertz CT molecular complexity index is 591. The summed E-state index contributed by atoms with van der Waals surface area (Å²) >= 11 is 10.9. The topological polar surface area (TPSA) is 56.7 Å². The predicted octanol–water partition coefficient (Wildman–Crippen LogP) is 2.57. The lowest BCUT2D eigenvalue weighted by Gasteiger charge is -2.08. The summed E-state index contributed by atoms with van der Waals surface area (Å²) in [6.07, 6.45) is 2.47. The lowest BCUT2D eigenvalue weighted by atomic mass is 10.1. The summed E-state index contributed by atoms with van der Waals surface area (Å²) < 4.78 is 1.97. The lowest BCUT2D eigenvalue weighted by Crippen LogP contribution is -2.19. The fourth-order valence-electron chi connectivity index (χ4n) is 1.88. The van der Waals surface area contributed by atoms with Gasteiger partial charge in [-0.25, -0.2) is 9.97 Å². The Morgan fingerprint density at radius 2 is 2.28 bits per heavy atom. The third kappa shape index (κ3) is 2.79. The molecule has 0 amide bonds. The van der Waals surface area contributed by atoms with Gasteiger partial charge in [0.05, 0.1) is 16.6 Å². The molecule has 0 saturated carbocycles. The SMILES string of the molecule is CC(C)Cc1nc2cc(Cl)cnc2n1CC(N)=S. The molecule has 4 nitrogen and oxygen atoms in total. The van der Waals surface area contributed by atoms with E-state index in [1.54, 1.807) is 6.20 Å². The van der Waals surface area contributed by atoms with Gasteiger partial charge in [-0.15, -0.1) is 0 Å². The summed E-state index contributed by atoms with van der Waals surface area (Å²) in [6, 6.07) is 1.81. The van der Waals surface area contributed by atoms with Gasteiger partial charge in [-0.2, -0.15) is 0 Å². The highest BCUT2D eigenvalue weighted by atomic mass is 35.5. The normalized spacial score (nSPS) is 11.3. The molecule has 2 aromatic heterocycles. The Hall–Kier alpha value is -1.20. The number of hydrogen-bond donors (Lipinski definition) is 1. The molecule has 0 aliphatic heterocycles. The quantitative estimate of drug-likeness (QED) is 0.876. The average molecular weight is 283 g/mol. The molecule has 2 heterocycles. The molecule has 2 aromatic rings. The zero-order valence-corrected chi connectivity index (χ0v) is 11.9. The van der Waals surface area contributed by atoms with Crippen molar-refractivity contribution in [2.45, 2.75) is 26.8 Å². The van der Waals surface area contributed by atoms with Crippen LogP contribution in [0.1, 0.15) is 19.7 Å². The van der Waals surface area contributed by atoms with Crippen LogP contribution in [0.15, 0.2) is 12.3 Å². The number of fused-ring (bicyclic) bond motifs is 1. The van der Waals surface area contributed by atoms with E-state index in [1.807, 2.05) is 10.6 Å². The molecule has 2 rings (SSSR count). The Kier molecular flexibility index (Phi) is 3.82. The molecule has 0 unspecified atom stereocenters. The van der Waals surface area contributed by atoms with E-state index in [1.165, 1.54) is 0 Å². The first-order chi connectivity index (χ1) is 8.47. The molecule has 0 radical (unpaired) electrons. The Morgan fingerprint density at radius 1 is 1.56 bits per heavy atom. The van der Waals surface area contributed by atoms with Gasteiger partial charge in [-0.1, -0.05) is 37.7 Å². The van der Waals surface area contributed by atoms with Crippen LogP contribution < -0.4 is 5.73 Å². The van der Waals surface area contributed by atoms with E-state index in [9.17, 15) is 0 Å². The van der Waals surface area contributed by atoms with Crippen LogP contribution >= 0.6 is 23.8 Å². The fraction of sp³-hybridized carbons (Fsp3) is 0.417. The van der Waals surface area contributed by atoms with Crippen LogP contribution in [-0.4, -0.2) is 19.5 Å². The fourth-order valence-corrected chi connectivity index (χ4v) is 2.16. The van der Waals surface area contributed by atoms with Gasteiger partial charge >= 0.3 is 0 Å². The molecule has 0 bridgehead atoms. The minimum absolute atomic E-state index is 0.427. The highest BCUT2D eigenvalue weighted by Crippen LogP contribution is 2.19. The summed E-state index contributed by atoms with van der Waals surface area (Å²) in [5.41, 5.74) is 7.20. The highest BCUT2D eigenvalue weighted by Gasteiger charge is 2.14. The standard InChI is InChI=1S/C12H15ClN4S/c1-7(2)3-11-16-9-4-8(13)5-15-12(9)17(11)6-10(14)18/h4-5,7H,3,6H2,1-2H3,(H2,14,18). The van der Waals surface area contributed by atoms with Crippen molar-refractivity contribution in [3.05, 3.63) is 23.1 Å². The molecule has 0 spiro atoms. The number of hydrogen-bond acceptors (Lipinski definition) is 3. The van der Waals surface area contributed by atoms with Gasteiger partial charge in [0.25, 0.3) is 0 Å². The van der Waals surface area contributed by atoms with Crippen LogP contribution in [0, 0.1) is 5.92 Å². The van der Waals surface area contributed by atoms with Crippen molar-refractivity contribution in [1.29, 1.82) is 0 Å². The van der Waals surface area contributed by atoms with E-state index >= 15 is 0 Å². The van der Waals surface area contributed by atoms with Gasteiger partial charge in [-0.05, 0) is 12.0 Å². The van der Waals surface area contributed by atoms with Crippen molar-refractivity contribution >= 4 is 40.0 Å². The van der Waals surface area contributed by atoms with E-state index in [2.05, 4.69) is 23.8 Å². The molecule has 0 fully saturated rings. The van der Waals surface area contributed by atoms with Gasteiger partial charge in [0.2, 0.25) is 0 Å². The number of halogens is 1. The van der Waals surface area contributed by atoms with E-state index in [4.69, 9.17) is 29.6 Å². The monoisotopic (exact) mass is 282 g/mol. The van der Waals surface area contributed by atoms with Crippen molar-refractivity contribution in [1.82, 2.24) is 14.5 Å². The summed E-state index contributed by atoms with van der Waals surface area (Å²) in [5.74, 6) is 1.45. The van der Waals surface area contributed by atoms with E-state index in [-0.39, 0.29) is 0 Å². The van der Waals surface area contributed by atoms with Gasteiger partial charge in [-0.3, -0.25) is 0 Å². The second-order valence-corrected chi connectivity index (χ2v) is 5.64. The minimum atomic E-state index is 0.427. The van der Waals surface area contributed by atoms with Gasteiger partial charge < -0.3 is 10.3 Å². The van der Waals surface area contributed by atoms with Gasteiger partial charge in [0, 0.05) is 12.6 Å². The maximum atomic E-state index is 5.93. The van der Waals surface area contributed by atoms with Crippen molar-refractivity contribution in [2.75, 3.05) is 0 Å². The first-order valence-electron chi connectivity index (χ1n) is 5.76. The second-order valence-electron chi connectivity index (χ2n) is 4.67. The first kappa shape index (κ1) is 13.2. The Labute approximate surface area is 116 Å². The molecular formula is C12H15ClN4S. The van der Waals surface area contributed by atoms with Crippen LogP contribution in [0.5, 0.6) is 0 Å². The third-order valence-electron chi connectivity index (χ3n) is 2.54. The summed E-state index contributed by atoms with van der Waals surface area (Å²) in [5, 5.41) is 0.582. The summed E-state index contributed by atoms with van der Waals surface area (Å²) in [7, 11) is 0. The number of aromatic nitrogens is 3.